The molecule has 0 fully saturated rings. The predicted molar refractivity (Wildman–Crippen MR) is 61.8 cm³/mol. The Bertz CT molecular complexity index is 479. The second kappa shape index (κ2) is 4.53. The van der Waals surface area contributed by atoms with Crippen molar-refractivity contribution < 1.29 is 4.79 Å². The van der Waals surface area contributed by atoms with Crippen LogP contribution in [0.2, 0.25) is 0 Å². The molecule has 0 bridgehead atoms. The minimum Gasteiger partial charge on any atom is -0.326 e. The summed E-state index contributed by atoms with van der Waals surface area (Å²) in [5.74, 6) is -0.0766. The Hall–Kier alpha value is -2.23. The van der Waals surface area contributed by atoms with Crippen LogP contribution in [0.25, 0.3) is 11.3 Å². The van der Waals surface area contributed by atoms with Crippen molar-refractivity contribution in [3.05, 3.63) is 42.6 Å². The average molecular weight is 213 g/mol. The Labute approximate surface area is 93.3 Å². The third kappa shape index (κ3) is 2.42. The number of amides is 1. The molecule has 0 saturated carbocycles. The number of hydrogen-bond donors (Lipinski definition) is 1. The van der Waals surface area contributed by atoms with Crippen molar-refractivity contribution in [2.24, 2.45) is 0 Å². The number of carbonyl (C=O) groups is 1. The SMILES string of the molecule is CC(=O)Nc1ccc(-c2cccnn2)cc1. The topological polar surface area (TPSA) is 54.9 Å². The van der Waals surface area contributed by atoms with E-state index in [-0.39, 0.29) is 5.91 Å². The Kier molecular flexibility index (Phi) is 2.91. The highest BCUT2D eigenvalue weighted by Gasteiger charge is 1.99. The van der Waals surface area contributed by atoms with Crippen LogP contribution in [0.4, 0.5) is 5.69 Å². The summed E-state index contributed by atoms with van der Waals surface area (Å²) in [7, 11) is 0. The van der Waals surface area contributed by atoms with Gasteiger partial charge in [0.25, 0.3) is 0 Å². The van der Waals surface area contributed by atoms with Gasteiger partial charge in [-0.2, -0.15) is 10.2 Å². The highest BCUT2D eigenvalue weighted by molar-refractivity contribution is 5.88. The number of aromatic nitrogens is 2. The predicted octanol–water partition coefficient (Wildman–Crippen LogP) is 2.10. The second-order valence-corrected chi connectivity index (χ2v) is 3.37. The van der Waals surface area contributed by atoms with Crippen LogP contribution in [0.3, 0.4) is 0 Å². The third-order valence-electron chi connectivity index (χ3n) is 2.07. The molecule has 4 heteroatoms. The van der Waals surface area contributed by atoms with Gasteiger partial charge in [-0.05, 0) is 24.3 Å². The number of nitrogens with one attached hydrogen (secondary N) is 1. The van der Waals surface area contributed by atoms with E-state index in [1.807, 2.05) is 36.4 Å². The fourth-order valence-corrected chi connectivity index (χ4v) is 1.38. The van der Waals surface area contributed by atoms with Crippen molar-refractivity contribution in [2.75, 3.05) is 5.32 Å². The van der Waals surface area contributed by atoms with Gasteiger partial charge in [0.05, 0.1) is 5.69 Å². The molecule has 1 aromatic carbocycles. The van der Waals surface area contributed by atoms with E-state index in [0.717, 1.165) is 16.9 Å². The quantitative estimate of drug-likeness (QED) is 0.831. The zero-order chi connectivity index (χ0) is 11.4. The molecular weight excluding hydrogens is 202 g/mol. The van der Waals surface area contributed by atoms with Crippen LogP contribution in [0.1, 0.15) is 6.92 Å². The second-order valence-electron chi connectivity index (χ2n) is 3.37. The molecule has 1 amide bonds. The Morgan fingerprint density at radius 2 is 1.94 bits per heavy atom. The third-order valence-corrected chi connectivity index (χ3v) is 2.07. The maximum atomic E-state index is 10.8. The summed E-state index contributed by atoms with van der Waals surface area (Å²) in [5.41, 5.74) is 2.57. The van der Waals surface area contributed by atoms with Crippen molar-refractivity contribution in [3.63, 3.8) is 0 Å². The molecule has 16 heavy (non-hydrogen) atoms. The lowest BCUT2D eigenvalue weighted by atomic mass is 10.1. The molecule has 0 atom stereocenters. The summed E-state index contributed by atoms with van der Waals surface area (Å²) in [6.07, 6.45) is 1.63. The summed E-state index contributed by atoms with van der Waals surface area (Å²) in [6, 6.07) is 11.2. The highest BCUT2D eigenvalue weighted by atomic mass is 16.1. The minimum atomic E-state index is -0.0766. The molecule has 0 aliphatic heterocycles. The maximum Gasteiger partial charge on any atom is 0.221 e. The zero-order valence-electron chi connectivity index (χ0n) is 8.84. The van der Waals surface area contributed by atoms with E-state index in [4.69, 9.17) is 0 Å². The van der Waals surface area contributed by atoms with E-state index in [0.29, 0.717) is 0 Å². The van der Waals surface area contributed by atoms with Gasteiger partial charge in [-0.1, -0.05) is 12.1 Å². The molecule has 2 rings (SSSR count). The van der Waals surface area contributed by atoms with Gasteiger partial charge in [-0.3, -0.25) is 4.79 Å². The Morgan fingerprint density at radius 3 is 2.50 bits per heavy atom. The average Bonchev–Trinajstić information content (AvgIpc) is 2.30. The lowest BCUT2D eigenvalue weighted by Crippen LogP contribution is -2.05. The largest absolute Gasteiger partial charge is 0.326 e. The standard InChI is InChI=1S/C12H11N3O/c1-9(16)14-11-6-4-10(5-7-11)12-3-2-8-13-15-12/h2-8H,1H3,(H,14,16). The van der Waals surface area contributed by atoms with E-state index in [1.54, 1.807) is 6.20 Å². The van der Waals surface area contributed by atoms with Crippen LogP contribution in [-0.2, 0) is 4.79 Å². The molecule has 80 valence electrons. The van der Waals surface area contributed by atoms with Gasteiger partial charge in [0, 0.05) is 24.4 Å². The van der Waals surface area contributed by atoms with Crippen LogP contribution in [-0.4, -0.2) is 16.1 Å². The maximum absolute atomic E-state index is 10.8. The molecule has 1 N–H and O–H groups in total. The highest BCUT2D eigenvalue weighted by Crippen LogP contribution is 2.18. The number of rotatable bonds is 2. The summed E-state index contributed by atoms with van der Waals surface area (Å²) >= 11 is 0. The van der Waals surface area contributed by atoms with Crippen molar-refractivity contribution in [3.8, 4) is 11.3 Å². The van der Waals surface area contributed by atoms with Gasteiger partial charge in [0.2, 0.25) is 5.91 Å². The molecule has 4 nitrogen and oxygen atoms in total. The molecule has 0 radical (unpaired) electrons. The molecule has 0 aliphatic rings. The van der Waals surface area contributed by atoms with E-state index in [2.05, 4.69) is 15.5 Å². The molecule has 0 unspecified atom stereocenters. The van der Waals surface area contributed by atoms with Crippen molar-refractivity contribution >= 4 is 11.6 Å². The van der Waals surface area contributed by atoms with E-state index < -0.39 is 0 Å². The fourth-order valence-electron chi connectivity index (χ4n) is 1.38. The number of benzene rings is 1. The lowest BCUT2D eigenvalue weighted by molar-refractivity contribution is -0.114. The first-order valence-electron chi connectivity index (χ1n) is 4.91. The van der Waals surface area contributed by atoms with Gasteiger partial charge >= 0.3 is 0 Å². The van der Waals surface area contributed by atoms with Crippen molar-refractivity contribution in [1.82, 2.24) is 10.2 Å². The van der Waals surface area contributed by atoms with E-state index in [1.165, 1.54) is 6.92 Å². The molecule has 2 aromatic rings. The smallest absolute Gasteiger partial charge is 0.221 e. The number of nitrogens with zero attached hydrogens (tertiary/aromatic N) is 2. The van der Waals surface area contributed by atoms with Crippen LogP contribution in [0, 0.1) is 0 Å². The molecule has 1 aromatic heterocycles. The van der Waals surface area contributed by atoms with Crippen LogP contribution < -0.4 is 5.32 Å². The molecule has 1 heterocycles. The summed E-state index contributed by atoms with van der Waals surface area (Å²) in [4.78, 5) is 10.8. The molecule has 0 spiro atoms. The van der Waals surface area contributed by atoms with Crippen LogP contribution in [0.15, 0.2) is 42.6 Å². The number of hydrogen-bond acceptors (Lipinski definition) is 3. The summed E-state index contributed by atoms with van der Waals surface area (Å²) < 4.78 is 0. The normalized spacial score (nSPS) is 9.81. The van der Waals surface area contributed by atoms with E-state index >= 15 is 0 Å². The monoisotopic (exact) mass is 213 g/mol. The molecular formula is C12H11N3O. The summed E-state index contributed by atoms with van der Waals surface area (Å²) in [5, 5.41) is 10.5. The van der Waals surface area contributed by atoms with Gasteiger partial charge < -0.3 is 5.32 Å². The minimum absolute atomic E-state index is 0.0766. The van der Waals surface area contributed by atoms with Gasteiger partial charge in [-0.25, -0.2) is 0 Å². The van der Waals surface area contributed by atoms with Crippen LogP contribution >= 0.6 is 0 Å². The molecule has 0 saturated heterocycles. The van der Waals surface area contributed by atoms with Crippen molar-refractivity contribution in [1.29, 1.82) is 0 Å². The zero-order valence-corrected chi connectivity index (χ0v) is 8.84. The first kappa shape index (κ1) is 10.3. The fraction of sp³-hybridized carbons (Fsp3) is 0.0833. The first-order valence-corrected chi connectivity index (χ1v) is 4.91. The summed E-state index contributed by atoms with van der Waals surface area (Å²) in [6.45, 7) is 1.48. The van der Waals surface area contributed by atoms with Crippen LogP contribution in [0.5, 0.6) is 0 Å². The number of anilines is 1. The molecule has 0 aliphatic carbocycles. The lowest BCUT2D eigenvalue weighted by Gasteiger charge is -2.03. The van der Waals surface area contributed by atoms with Crippen molar-refractivity contribution in [2.45, 2.75) is 6.92 Å². The van der Waals surface area contributed by atoms with E-state index in [9.17, 15) is 4.79 Å². The van der Waals surface area contributed by atoms with Gasteiger partial charge in [-0.15, -0.1) is 0 Å². The first-order chi connectivity index (χ1) is 7.75. The number of carbonyl (C=O) groups excluding carboxylic acids is 1. The van der Waals surface area contributed by atoms with Gasteiger partial charge in [0.15, 0.2) is 0 Å². The Morgan fingerprint density at radius 1 is 1.19 bits per heavy atom. The Balaban J connectivity index is 2.23. The van der Waals surface area contributed by atoms with Gasteiger partial charge in [0.1, 0.15) is 0 Å².